The van der Waals surface area contributed by atoms with Crippen molar-refractivity contribution < 1.29 is 9.53 Å². The second kappa shape index (κ2) is 6.72. The lowest BCUT2D eigenvalue weighted by atomic mass is 10.2. The normalized spacial score (nSPS) is 10.2. The van der Waals surface area contributed by atoms with E-state index >= 15 is 0 Å². The van der Waals surface area contributed by atoms with E-state index in [1.54, 1.807) is 30.5 Å². The molecule has 0 aliphatic rings. The van der Waals surface area contributed by atoms with Gasteiger partial charge in [-0.25, -0.2) is 4.98 Å². The number of para-hydroxylation sites is 1. The zero-order chi connectivity index (χ0) is 15.4. The summed E-state index contributed by atoms with van der Waals surface area (Å²) in [5.41, 5.74) is 1.29. The van der Waals surface area contributed by atoms with Gasteiger partial charge in [0.25, 0.3) is 11.1 Å². The van der Waals surface area contributed by atoms with Crippen LogP contribution in [0, 0.1) is 0 Å². The van der Waals surface area contributed by atoms with Gasteiger partial charge in [-0.2, -0.15) is 0 Å². The van der Waals surface area contributed by atoms with Crippen molar-refractivity contribution in [2.45, 2.75) is 0 Å². The summed E-state index contributed by atoms with van der Waals surface area (Å²) in [6, 6.07) is 14.4. The Bertz CT molecular complexity index is 773. The van der Waals surface area contributed by atoms with Gasteiger partial charge in [-0.1, -0.05) is 23.5 Å². The molecule has 0 radical (unpaired) electrons. The van der Waals surface area contributed by atoms with Crippen molar-refractivity contribution in [1.29, 1.82) is 0 Å². The zero-order valence-electron chi connectivity index (χ0n) is 11.3. The number of halogens is 1. The fraction of sp³-hybridized carbons (Fsp3) is 0. The van der Waals surface area contributed by atoms with Crippen molar-refractivity contribution >= 4 is 38.9 Å². The zero-order valence-corrected chi connectivity index (χ0v) is 13.7. The van der Waals surface area contributed by atoms with Crippen LogP contribution >= 0.6 is 27.3 Å². The van der Waals surface area contributed by atoms with Crippen LogP contribution < -0.4 is 10.1 Å². The minimum Gasteiger partial charge on any atom is -0.431 e. The summed E-state index contributed by atoms with van der Waals surface area (Å²) in [5, 5.41) is 5.27. The predicted molar refractivity (Wildman–Crippen MR) is 90.7 cm³/mol. The standard InChI is InChI=1S/C16H11BrN2O2S/c17-13-3-1-2-4-14(13)19-15(20)11-5-7-12(8-6-11)21-16-18-9-10-22-16/h1-10H,(H,19,20). The van der Waals surface area contributed by atoms with E-state index in [0.29, 0.717) is 16.5 Å². The molecule has 22 heavy (non-hydrogen) atoms. The van der Waals surface area contributed by atoms with Crippen LogP contribution in [0.5, 0.6) is 10.9 Å². The highest BCUT2D eigenvalue weighted by molar-refractivity contribution is 9.10. The molecule has 6 heteroatoms. The minimum atomic E-state index is -0.173. The van der Waals surface area contributed by atoms with Crippen molar-refractivity contribution in [2.24, 2.45) is 0 Å². The summed E-state index contributed by atoms with van der Waals surface area (Å²) in [7, 11) is 0. The molecule has 3 rings (SSSR count). The fourth-order valence-corrected chi connectivity index (χ4v) is 2.68. The smallest absolute Gasteiger partial charge is 0.278 e. The molecule has 1 amide bonds. The van der Waals surface area contributed by atoms with E-state index < -0.39 is 0 Å². The molecule has 0 atom stereocenters. The molecule has 0 aliphatic heterocycles. The molecule has 0 unspecified atom stereocenters. The maximum Gasteiger partial charge on any atom is 0.278 e. The molecule has 0 aliphatic carbocycles. The molecule has 2 aromatic carbocycles. The molecule has 3 aromatic rings. The Kier molecular flexibility index (Phi) is 4.50. The number of rotatable bonds is 4. The fourth-order valence-electron chi connectivity index (χ4n) is 1.79. The molecular weight excluding hydrogens is 364 g/mol. The number of anilines is 1. The number of amides is 1. The van der Waals surface area contributed by atoms with E-state index in [1.165, 1.54) is 11.3 Å². The number of carbonyl (C=O) groups is 1. The summed E-state index contributed by atoms with van der Waals surface area (Å²) in [6.07, 6.45) is 1.68. The van der Waals surface area contributed by atoms with Crippen LogP contribution in [0.3, 0.4) is 0 Å². The van der Waals surface area contributed by atoms with E-state index in [0.717, 1.165) is 10.2 Å². The molecule has 0 saturated heterocycles. The Morgan fingerprint density at radius 1 is 1.14 bits per heavy atom. The van der Waals surface area contributed by atoms with E-state index in [9.17, 15) is 4.79 Å². The molecule has 0 spiro atoms. The first-order valence-electron chi connectivity index (χ1n) is 6.46. The number of nitrogens with zero attached hydrogens (tertiary/aromatic N) is 1. The first-order chi connectivity index (χ1) is 10.7. The number of benzene rings is 2. The van der Waals surface area contributed by atoms with Gasteiger partial charge in [0.2, 0.25) is 0 Å². The number of aromatic nitrogens is 1. The number of nitrogens with one attached hydrogen (secondary N) is 1. The highest BCUT2D eigenvalue weighted by Crippen LogP contribution is 2.25. The number of thiazole rings is 1. The quantitative estimate of drug-likeness (QED) is 0.702. The van der Waals surface area contributed by atoms with Gasteiger partial charge in [0, 0.05) is 21.6 Å². The van der Waals surface area contributed by atoms with Crippen LogP contribution in [0.4, 0.5) is 5.69 Å². The van der Waals surface area contributed by atoms with Crippen molar-refractivity contribution in [3.05, 3.63) is 70.1 Å². The lowest BCUT2D eigenvalue weighted by molar-refractivity contribution is 0.102. The van der Waals surface area contributed by atoms with E-state index in [4.69, 9.17) is 4.74 Å². The number of ether oxygens (including phenoxy) is 1. The van der Waals surface area contributed by atoms with Crippen LogP contribution in [-0.4, -0.2) is 10.9 Å². The van der Waals surface area contributed by atoms with Crippen LogP contribution in [0.15, 0.2) is 64.6 Å². The Morgan fingerprint density at radius 2 is 1.91 bits per heavy atom. The third-order valence-corrected chi connectivity index (χ3v) is 4.19. The number of hydrogen-bond acceptors (Lipinski definition) is 4. The van der Waals surface area contributed by atoms with Crippen LogP contribution in [-0.2, 0) is 0 Å². The maximum atomic E-state index is 12.2. The Labute approximate surface area is 139 Å². The SMILES string of the molecule is O=C(Nc1ccccc1Br)c1ccc(Oc2nccs2)cc1. The van der Waals surface area contributed by atoms with Gasteiger partial charge in [0.1, 0.15) is 5.75 Å². The third kappa shape index (κ3) is 3.52. The Hall–Kier alpha value is -2.18. The molecule has 0 bridgehead atoms. The second-order valence-corrected chi connectivity index (χ2v) is 6.07. The third-order valence-electron chi connectivity index (χ3n) is 2.85. The lowest BCUT2D eigenvalue weighted by Crippen LogP contribution is -2.12. The molecular formula is C16H11BrN2O2S. The summed E-state index contributed by atoms with van der Waals surface area (Å²) >= 11 is 4.82. The van der Waals surface area contributed by atoms with E-state index in [2.05, 4.69) is 26.2 Å². The van der Waals surface area contributed by atoms with Gasteiger partial charge in [-0.3, -0.25) is 4.79 Å². The molecule has 4 nitrogen and oxygen atoms in total. The van der Waals surface area contributed by atoms with Gasteiger partial charge in [0.05, 0.1) is 5.69 Å². The average molecular weight is 375 g/mol. The molecule has 0 fully saturated rings. The summed E-state index contributed by atoms with van der Waals surface area (Å²) in [5.74, 6) is 0.472. The average Bonchev–Trinajstić information content (AvgIpc) is 3.03. The molecule has 1 N–H and O–H groups in total. The molecule has 110 valence electrons. The summed E-state index contributed by atoms with van der Waals surface area (Å²) in [6.45, 7) is 0. The maximum absolute atomic E-state index is 12.2. The van der Waals surface area contributed by atoms with Crippen LogP contribution in [0.1, 0.15) is 10.4 Å². The highest BCUT2D eigenvalue weighted by atomic mass is 79.9. The van der Waals surface area contributed by atoms with Gasteiger partial charge in [-0.05, 0) is 52.3 Å². The van der Waals surface area contributed by atoms with Crippen molar-refractivity contribution in [3.63, 3.8) is 0 Å². The lowest BCUT2D eigenvalue weighted by Gasteiger charge is -2.08. The monoisotopic (exact) mass is 374 g/mol. The van der Waals surface area contributed by atoms with E-state index in [1.807, 2.05) is 29.6 Å². The summed E-state index contributed by atoms with van der Waals surface area (Å²) in [4.78, 5) is 16.3. The van der Waals surface area contributed by atoms with Gasteiger partial charge < -0.3 is 10.1 Å². The first kappa shape index (κ1) is 14.7. The van der Waals surface area contributed by atoms with Crippen molar-refractivity contribution in [3.8, 4) is 10.9 Å². The van der Waals surface area contributed by atoms with Gasteiger partial charge in [-0.15, -0.1) is 0 Å². The van der Waals surface area contributed by atoms with E-state index in [-0.39, 0.29) is 5.91 Å². The molecule has 0 saturated carbocycles. The Balaban J connectivity index is 1.70. The van der Waals surface area contributed by atoms with Gasteiger partial charge in [0.15, 0.2) is 0 Å². The molecule has 1 aromatic heterocycles. The highest BCUT2D eigenvalue weighted by Gasteiger charge is 2.08. The first-order valence-corrected chi connectivity index (χ1v) is 8.13. The van der Waals surface area contributed by atoms with Gasteiger partial charge >= 0.3 is 0 Å². The second-order valence-electron chi connectivity index (χ2n) is 4.36. The molecule has 1 heterocycles. The van der Waals surface area contributed by atoms with Crippen LogP contribution in [0.2, 0.25) is 0 Å². The summed E-state index contributed by atoms with van der Waals surface area (Å²) < 4.78 is 6.40. The Morgan fingerprint density at radius 3 is 2.59 bits per heavy atom. The topological polar surface area (TPSA) is 51.2 Å². The largest absolute Gasteiger partial charge is 0.431 e. The van der Waals surface area contributed by atoms with Crippen LogP contribution in [0.25, 0.3) is 0 Å². The van der Waals surface area contributed by atoms with Crippen molar-refractivity contribution in [2.75, 3.05) is 5.32 Å². The number of carbonyl (C=O) groups excluding carboxylic acids is 1. The number of hydrogen-bond donors (Lipinski definition) is 1. The minimum absolute atomic E-state index is 0.173. The van der Waals surface area contributed by atoms with Crippen molar-refractivity contribution in [1.82, 2.24) is 4.98 Å². The predicted octanol–water partition coefficient (Wildman–Crippen LogP) is 4.95.